The fourth-order valence-electron chi connectivity index (χ4n) is 2.14. The predicted molar refractivity (Wildman–Crippen MR) is 86.0 cm³/mol. The largest absolute Gasteiger partial charge is 0.309 e. The van der Waals surface area contributed by atoms with Gasteiger partial charge in [-0.25, -0.2) is 4.39 Å². The summed E-state index contributed by atoms with van der Waals surface area (Å²) in [5.41, 5.74) is 0.582. The number of hydrogen-bond acceptors (Lipinski definition) is 2. The Labute approximate surface area is 128 Å². The standard InChI is InChI=1S/C16H19ClFNS/c1-3-9-19-14(4-2)16-8-7-15(20-16)12-10-11(17)5-6-13(12)18/h5-8,10,14,19H,3-4,9H2,1-2H3. The van der Waals surface area contributed by atoms with Crippen molar-refractivity contribution in [1.82, 2.24) is 5.32 Å². The minimum atomic E-state index is -0.225. The monoisotopic (exact) mass is 311 g/mol. The van der Waals surface area contributed by atoms with Crippen LogP contribution in [-0.4, -0.2) is 6.54 Å². The number of thiophene rings is 1. The van der Waals surface area contributed by atoms with Gasteiger partial charge in [0.1, 0.15) is 5.82 Å². The van der Waals surface area contributed by atoms with Gasteiger partial charge in [0.2, 0.25) is 0 Å². The maximum atomic E-state index is 13.9. The third-order valence-corrected chi connectivity index (χ3v) is 4.68. The Morgan fingerprint density at radius 2 is 2.05 bits per heavy atom. The number of benzene rings is 1. The Kier molecular flexibility index (Phi) is 5.58. The molecule has 1 aromatic heterocycles. The molecule has 1 heterocycles. The molecular formula is C16H19ClFNS. The summed E-state index contributed by atoms with van der Waals surface area (Å²) in [5, 5.41) is 4.08. The Hall–Kier alpha value is -0.900. The van der Waals surface area contributed by atoms with Crippen LogP contribution < -0.4 is 5.32 Å². The number of halogens is 2. The third kappa shape index (κ3) is 3.60. The summed E-state index contributed by atoms with van der Waals surface area (Å²) in [7, 11) is 0. The fourth-order valence-corrected chi connectivity index (χ4v) is 3.49. The summed E-state index contributed by atoms with van der Waals surface area (Å²) in [4.78, 5) is 2.17. The Balaban J connectivity index is 2.25. The first-order valence-electron chi connectivity index (χ1n) is 6.94. The Morgan fingerprint density at radius 1 is 1.25 bits per heavy atom. The molecule has 20 heavy (non-hydrogen) atoms. The van der Waals surface area contributed by atoms with Crippen LogP contribution in [0.5, 0.6) is 0 Å². The second kappa shape index (κ2) is 7.21. The number of nitrogens with one attached hydrogen (secondary N) is 1. The molecule has 0 amide bonds. The first-order chi connectivity index (χ1) is 9.65. The molecule has 1 unspecified atom stereocenters. The second-order valence-electron chi connectivity index (χ2n) is 4.74. The Morgan fingerprint density at radius 3 is 2.75 bits per heavy atom. The van der Waals surface area contributed by atoms with Gasteiger partial charge in [-0.05, 0) is 49.7 Å². The second-order valence-corrected chi connectivity index (χ2v) is 6.29. The van der Waals surface area contributed by atoms with E-state index in [0.717, 1.165) is 24.3 Å². The van der Waals surface area contributed by atoms with Gasteiger partial charge in [-0.3, -0.25) is 0 Å². The summed E-state index contributed by atoms with van der Waals surface area (Å²) in [6, 6.07) is 9.08. The van der Waals surface area contributed by atoms with E-state index in [4.69, 9.17) is 11.6 Å². The highest BCUT2D eigenvalue weighted by Crippen LogP contribution is 2.35. The topological polar surface area (TPSA) is 12.0 Å². The van der Waals surface area contributed by atoms with Crippen LogP contribution in [0.25, 0.3) is 10.4 Å². The normalized spacial score (nSPS) is 12.6. The van der Waals surface area contributed by atoms with Gasteiger partial charge in [0.15, 0.2) is 0 Å². The van der Waals surface area contributed by atoms with E-state index in [0.29, 0.717) is 16.6 Å². The van der Waals surface area contributed by atoms with Crippen LogP contribution in [0.15, 0.2) is 30.3 Å². The minimum Gasteiger partial charge on any atom is -0.309 e. The average molecular weight is 312 g/mol. The van der Waals surface area contributed by atoms with E-state index >= 15 is 0 Å². The van der Waals surface area contributed by atoms with Crippen molar-refractivity contribution in [2.75, 3.05) is 6.54 Å². The quantitative estimate of drug-likeness (QED) is 0.726. The van der Waals surface area contributed by atoms with Crippen molar-refractivity contribution < 1.29 is 4.39 Å². The van der Waals surface area contributed by atoms with Gasteiger partial charge >= 0.3 is 0 Å². The van der Waals surface area contributed by atoms with Crippen molar-refractivity contribution in [3.05, 3.63) is 46.0 Å². The summed E-state index contributed by atoms with van der Waals surface area (Å²) < 4.78 is 13.9. The van der Waals surface area contributed by atoms with Crippen molar-refractivity contribution in [3.8, 4) is 10.4 Å². The van der Waals surface area contributed by atoms with E-state index in [2.05, 4.69) is 25.2 Å². The van der Waals surface area contributed by atoms with Crippen LogP contribution in [0.1, 0.15) is 37.6 Å². The third-order valence-electron chi connectivity index (χ3n) is 3.21. The average Bonchev–Trinajstić information content (AvgIpc) is 2.92. The molecule has 0 radical (unpaired) electrons. The summed E-state index contributed by atoms with van der Waals surface area (Å²) in [5.74, 6) is -0.225. The molecule has 0 aliphatic heterocycles. The SMILES string of the molecule is CCCNC(CC)c1ccc(-c2cc(Cl)ccc2F)s1. The lowest BCUT2D eigenvalue weighted by Crippen LogP contribution is -2.20. The lowest BCUT2D eigenvalue weighted by atomic mass is 10.1. The summed E-state index contributed by atoms with van der Waals surface area (Å²) >= 11 is 7.59. The summed E-state index contributed by atoms with van der Waals surface area (Å²) in [6.07, 6.45) is 2.13. The van der Waals surface area contributed by atoms with E-state index in [-0.39, 0.29) is 5.82 Å². The molecule has 0 saturated heterocycles. The molecule has 1 N–H and O–H groups in total. The van der Waals surface area contributed by atoms with E-state index in [9.17, 15) is 4.39 Å². The van der Waals surface area contributed by atoms with Crippen molar-refractivity contribution in [2.24, 2.45) is 0 Å². The van der Waals surface area contributed by atoms with Gasteiger partial charge in [-0.2, -0.15) is 0 Å². The molecule has 0 spiro atoms. The highest BCUT2D eigenvalue weighted by molar-refractivity contribution is 7.15. The first-order valence-corrected chi connectivity index (χ1v) is 8.13. The van der Waals surface area contributed by atoms with Crippen molar-refractivity contribution >= 4 is 22.9 Å². The molecular weight excluding hydrogens is 293 g/mol. The van der Waals surface area contributed by atoms with Crippen LogP contribution in [0.2, 0.25) is 5.02 Å². The molecule has 2 aromatic rings. The van der Waals surface area contributed by atoms with E-state index in [1.165, 1.54) is 10.9 Å². The molecule has 1 aromatic carbocycles. The van der Waals surface area contributed by atoms with E-state index < -0.39 is 0 Å². The maximum absolute atomic E-state index is 13.9. The Bertz CT molecular complexity index is 567. The molecule has 0 aliphatic carbocycles. The molecule has 2 rings (SSSR count). The van der Waals surface area contributed by atoms with Gasteiger partial charge in [-0.1, -0.05) is 25.4 Å². The van der Waals surface area contributed by atoms with Gasteiger partial charge in [0, 0.05) is 26.4 Å². The van der Waals surface area contributed by atoms with Crippen molar-refractivity contribution in [3.63, 3.8) is 0 Å². The van der Waals surface area contributed by atoms with Crippen molar-refractivity contribution in [1.29, 1.82) is 0 Å². The van der Waals surface area contributed by atoms with Crippen LogP contribution >= 0.6 is 22.9 Å². The lowest BCUT2D eigenvalue weighted by Gasteiger charge is -2.14. The highest BCUT2D eigenvalue weighted by Gasteiger charge is 2.14. The predicted octanol–water partition coefficient (Wildman–Crippen LogP) is 5.66. The zero-order valence-electron chi connectivity index (χ0n) is 11.7. The molecule has 0 bridgehead atoms. The molecule has 1 nitrogen and oxygen atoms in total. The zero-order chi connectivity index (χ0) is 14.5. The first kappa shape index (κ1) is 15.5. The molecule has 0 fully saturated rings. The van der Waals surface area contributed by atoms with Gasteiger partial charge < -0.3 is 5.32 Å². The van der Waals surface area contributed by atoms with Crippen LogP contribution in [0.4, 0.5) is 4.39 Å². The highest BCUT2D eigenvalue weighted by atomic mass is 35.5. The van der Waals surface area contributed by atoms with E-state index in [1.54, 1.807) is 23.5 Å². The molecule has 0 aliphatic rings. The number of rotatable bonds is 6. The minimum absolute atomic E-state index is 0.225. The maximum Gasteiger partial charge on any atom is 0.131 e. The van der Waals surface area contributed by atoms with E-state index in [1.807, 2.05) is 6.07 Å². The van der Waals surface area contributed by atoms with Crippen LogP contribution in [0, 0.1) is 5.82 Å². The van der Waals surface area contributed by atoms with Gasteiger partial charge in [0.05, 0.1) is 0 Å². The molecule has 108 valence electrons. The van der Waals surface area contributed by atoms with Crippen LogP contribution in [0.3, 0.4) is 0 Å². The fraction of sp³-hybridized carbons (Fsp3) is 0.375. The van der Waals surface area contributed by atoms with Crippen molar-refractivity contribution in [2.45, 2.75) is 32.7 Å². The van der Waals surface area contributed by atoms with Gasteiger partial charge in [-0.15, -0.1) is 11.3 Å². The smallest absolute Gasteiger partial charge is 0.131 e. The molecule has 4 heteroatoms. The summed E-state index contributed by atoms with van der Waals surface area (Å²) in [6.45, 7) is 5.31. The zero-order valence-corrected chi connectivity index (χ0v) is 13.3. The van der Waals surface area contributed by atoms with Crippen LogP contribution in [-0.2, 0) is 0 Å². The molecule has 0 saturated carbocycles. The molecule has 1 atom stereocenters. The lowest BCUT2D eigenvalue weighted by molar-refractivity contribution is 0.525. The van der Waals surface area contributed by atoms with Gasteiger partial charge in [0.25, 0.3) is 0 Å². The number of hydrogen-bond donors (Lipinski definition) is 1.